The summed E-state index contributed by atoms with van der Waals surface area (Å²) in [5.41, 5.74) is 0. The van der Waals surface area contributed by atoms with E-state index in [1.165, 1.54) is 0 Å². The van der Waals surface area contributed by atoms with Crippen molar-refractivity contribution in [2.24, 2.45) is 5.92 Å². The van der Waals surface area contributed by atoms with Gasteiger partial charge in [0.15, 0.2) is 0 Å². The van der Waals surface area contributed by atoms with Gasteiger partial charge in [-0.1, -0.05) is 19.3 Å². The molecule has 0 aromatic carbocycles. The summed E-state index contributed by atoms with van der Waals surface area (Å²) < 4.78 is 24.9. The minimum absolute atomic E-state index is 0.343. The summed E-state index contributed by atoms with van der Waals surface area (Å²) in [6.45, 7) is 0. The molecule has 1 aliphatic carbocycles. The molecule has 0 atom stereocenters. The number of aliphatic carboxylic acids is 1. The smallest absolute Gasteiger partial charge is 0.374 e. The Kier molecular flexibility index (Phi) is 2.65. The lowest BCUT2D eigenvalue weighted by Gasteiger charge is -2.26. The van der Waals surface area contributed by atoms with Gasteiger partial charge in [-0.3, -0.25) is 0 Å². The highest BCUT2D eigenvalue weighted by atomic mass is 19.3. The lowest BCUT2D eigenvalue weighted by atomic mass is 9.81. The molecule has 1 rings (SSSR count). The first-order valence-corrected chi connectivity index (χ1v) is 4.13. The summed E-state index contributed by atoms with van der Waals surface area (Å²) in [7, 11) is 0. The lowest BCUT2D eigenvalue weighted by Crippen LogP contribution is -2.29. The molecule has 0 spiro atoms. The zero-order valence-corrected chi connectivity index (χ0v) is 6.72. The van der Waals surface area contributed by atoms with E-state index in [2.05, 4.69) is 0 Å². The van der Waals surface area contributed by atoms with Crippen LogP contribution in [0.25, 0.3) is 0 Å². The van der Waals surface area contributed by atoms with E-state index < -0.39 is 18.3 Å². The van der Waals surface area contributed by atoms with Crippen LogP contribution in [-0.4, -0.2) is 17.0 Å². The van der Waals surface area contributed by atoms with Crippen LogP contribution >= 0.6 is 0 Å². The standard InChI is InChI=1S/C8H12F2O2/c9-8(10,7(11)12)5-4-6-2-1-3-6/h6H,1-5H2,(H,11,12). The molecule has 4 heteroatoms. The van der Waals surface area contributed by atoms with Crippen LogP contribution < -0.4 is 0 Å². The topological polar surface area (TPSA) is 37.3 Å². The van der Waals surface area contributed by atoms with Crippen LogP contribution in [0.4, 0.5) is 8.78 Å². The van der Waals surface area contributed by atoms with Crippen molar-refractivity contribution in [3.05, 3.63) is 0 Å². The number of carboxylic acids is 1. The SMILES string of the molecule is O=C(O)C(F)(F)CCC1CCC1. The highest BCUT2D eigenvalue weighted by Crippen LogP contribution is 2.33. The number of halogens is 2. The van der Waals surface area contributed by atoms with E-state index >= 15 is 0 Å². The van der Waals surface area contributed by atoms with Gasteiger partial charge in [0.2, 0.25) is 0 Å². The van der Waals surface area contributed by atoms with Crippen LogP contribution in [0.3, 0.4) is 0 Å². The van der Waals surface area contributed by atoms with Gasteiger partial charge in [-0.2, -0.15) is 8.78 Å². The zero-order valence-electron chi connectivity index (χ0n) is 6.72. The summed E-state index contributed by atoms with van der Waals surface area (Å²) in [4.78, 5) is 9.99. The minimum Gasteiger partial charge on any atom is -0.477 e. The second-order valence-corrected chi connectivity index (χ2v) is 3.35. The molecule has 0 amide bonds. The average Bonchev–Trinajstić information content (AvgIpc) is 1.83. The normalized spacial score (nSPS) is 18.8. The number of carboxylic acid groups (broad SMARTS) is 1. The van der Waals surface area contributed by atoms with Crippen molar-refractivity contribution < 1.29 is 18.7 Å². The van der Waals surface area contributed by atoms with E-state index in [1.807, 2.05) is 0 Å². The molecule has 1 saturated carbocycles. The van der Waals surface area contributed by atoms with Gasteiger partial charge in [-0.15, -0.1) is 0 Å². The summed E-state index contributed by atoms with van der Waals surface area (Å²) in [5.74, 6) is -5.17. The van der Waals surface area contributed by atoms with Gasteiger partial charge in [-0.25, -0.2) is 4.79 Å². The molecule has 0 aliphatic heterocycles. The Labute approximate surface area is 69.6 Å². The molecule has 0 aromatic heterocycles. The predicted octanol–water partition coefficient (Wildman–Crippen LogP) is 2.29. The average molecular weight is 178 g/mol. The highest BCUT2D eigenvalue weighted by molar-refractivity contribution is 5.75. The third kappa shape index (κ3) is 2.16. The first-order valence-electron chi connectivity index (χ1n) is 4.13. The van der Waals surface area contributed by atoms with Gasteiger partial charge in [-0.05, 0) is 12.3 Å². The van der Waals surface area contributed by atoms with E-state index in [0.717, 1.165) is 19.3 Å². The molecule has 0 radical (unpaired) electrons. The van der Waals surface area contributed by atoms with Crippen LogP contribution in [0, 0.1) is 5.92 Å². The molecule has 1 N–H and O–H groups in total. The molecule has 70 valence electrons. The van der Waals surface area contributed by atoms with Gasteiger partial charge in [0.1, 0.15) is 0 Å². The van der Waals surface area contributed by atoms with Crippen molar-refractivity contribution in [2.75, 3.05) is 0 Å². The molecule has 1 aliphatic rings. The van der Waals surface area contributed by atoms with Crippen molar-refractivity contribution in [3.63, 3.8) is 0 Å². The number of hydrogen-bond acceptors (Lipinski definition) is 1. The molecular weight excluding hydrogens is 166 g/mol. The quantitative estimate of drug-likeness (QED) is 0.717. The maximum atomic E-state index is 12.5. The fourth-order valence-electron chi connectivity index (χ4n) is 1.27. The molecule has 12 heavy (non-hydrogen) atoms. The van der Waals surface area contributed by atoms with Crippen molar-refractivity contribution in [3.8, 4) is 0 Å². The third-order valence-corrected chi connectivity index (χ3v) is 2.40. The molecule has 0 saturated heterocycles. The fourth-order valence-corrected chi connectivity index (χ4v) is 1.27. The second-order valence-electron chi connectivity index (χ2n) is 3.35. The Morgan fingerprint density at radius 3 is 2.42 bits per heavy atom. The Bertz CT molecular complexity index is 176. The number of rotatable bonds is 4. The maximum Gasteiger partial charge on any atom is 0.374 e. The molecule has 0 aromatic rings. The van der Waals surface area contributed by atoms with Crippen LogP contribution in [-0.2, 0) is 4.79 Å². The van der Waals surface area contributed by atoms with Crippen molar-refractivity contribution >= 4 is 5.97 Å². The van der Waals surface area contributed by atoms with Crippen LogP contribution in [0.2, 0.25) is 0 Å². The molecule has 1 fully saturated rings. The minimum atomic E-state index is -3.52. The number of hydrogen-bond donors (Lipinski definition) is 1. The van der Waals surface area contributed by atoms with Crippen LogP contribution in [0.15, 0.2) is 0 Å². The second kappa shape index (κ2) is 3.37. The van der Waals surface area contributed by atoms with E-state index in [-0.39, 0.29) is 0 Å². The Balaban J connectivity index is 2.24. The molecule has 0 bridgehead atoms. The van der Waals surface area contributed by atoms with Gasteiger partial charge < -0.3 is 5.11 Å². The van der Waals surface area contributed by atoms with Crippen molar-refractivity contribution in [2.45, 2.75) is 38.0 Å². The fraction of sp³-hybridized carbons (Fsp3) is 0.875. The largest absolute Gasteiger partial charge is 0.477 e. The monoisotopic (exact) mass is 178 g/mol. The summed E-state index contributed by atoms with van der Waals surface area (Å²) in [5, 5.41) is 8.09. The van der Waals surface area contributed by atoms with E-state index in [9.17, 15) is 13.6 Å². The summed E-state index contributed by atoms with van der Waals surface area (Å²) in [6.07, 6.45) is 2.90. The van der Waals surface area contributed by atoms with Gasteiger partial charge >= 0.3 is 11.9 Å². The van der Waals surface area contributed by atoms with E-state index in [4.69, 9.17) is 5.11 Å². The molecule has 2 nitrogen and oxygen atoms in total. The Morgan fingerprint density at radius 1 is 1.50 bits per heavy atom. The first-order chi connectivity index (χ1) is 5.52. The Morgan fingerprint density at radius 2 is 2.08 bits per heavy atom. The van der Waals surface area contributed by atoms with Crippen molar-refractivity contribution in [1.82, 2.24) is 0 Å². The zero-order chi connectivity index (χ0) is 9.19. The van der Waals surface area contributed by atoms with Gasteiger partial charge in [0.25, 0.3) is 0 Å². The summed E-state index contributed by atoms with van der Waals surface area (Å²) >= 11 is 0. The van der Waals surface area contributed by atoms with Crippen LogP contribution in [0.1, 0.15) is 32.1 Å². The lowest BCUT2D eigenvalue weighted by molar-refractivity contribution is -0.166. The first kappa shape index (κ1) is 9.42. The predicted molar refractivity (Wildman–Crippen MR) is 39.2 cm³/mol. The molecular formula is C8H12F2O2. The van der Waals surface area contributed by atoms with Gasteiger partial charge in [0, 0.05) is 6.42 Å². The summed E-state index contributed by atoms with van der Waals surface area (Å²) in [6, 6.07) is 0. The Hall–Kier alpha value is -0.670. The number of alkyl halides is 2. The van der Waals surface area contributed by atoms with Crippen LogP contribution in [0.5, 0.6) is 0 Å². The highest BCUT2D eigenvalue weighted by Gasteiger charge is 2.39. The number of carbonyl (C=O) groups is 1. The molecule has 0 heterocycles. The van der Waals surface area contributed by atoms with E-state index in [0.29, 0.717) is 12.3 Å². The molecule has 0 unspecified atom stereocenters. The van der Waals surface area contributed by atoms with E-state index in [1.54, 1.807) is 0 Å². The van der Waals surface area contributed by atoms with Crippen molar-refractivity contribution in [1.29, 1.82) is 0 Å². The third-order valence-electron chi connectivity index (χ3n) is 2.40. The van der Waals surface area contributed by atoms with Gasteiger partial charge in [0.05, 0.1) is 0 Å². The maximum absolute atomic E-state index is 12.5.